The van der Waals surface area contributed by atoms with Crippen molar-refractivity contribution in [2.24, 2.45) is 0 Å². The van der Waals surface area contributed by atoms with E-state index in [1.165, 1.54) is 0 Å². The lowest BCUT2D eigenvalue weighted by molar-refractivity contribution is 0.0968. The molecule has 0 atom stereocenters. The molecule has 3 rings (SSSR count). The third-order valence-corrected chi connectivity index (χ3v) is 3.07. The fraction of sp³-hybridized carbons (Fsp3) is 0.250. The van der Waals surface area contributed by atoms with Crippen molar-refractivity contribution in [1.29, 1.82) is 0 Å². The Bertz CT molecular complexity index is 601. The van der Waals surface area contributed by atoms with E-state index in [0.717, 1.165) is 12.1 Å². The Morgan fingerprint density at radius 3 is 2.69 bits per heavy atom. The van der Waals surface area contributed by atoms with Crippen LogP contribution in [0.3, 0.4) is 0 Å². The molecule has 2 aromatic rings. The van der Waals surface area contributed by atoms with Gasteiger partial charge in [0, 0.05) is 11.8 Å². The molecule has 4 heteroatoms. The van der Waals surface area contributed by atoms with Crippen LogP contribution in [-0.4, -0.2) is 10.8 Å². The van der Waals surface area contributed by atoms with Crippen molar-refractivity contribution in [3.05, 3.63) is 35.0 Å². The fourth-order valence-corrected chi connectivity index (χ4v) is 2.33. The molecule has 1 N–H and O–H groups in total. The topological polar surface area (TPSA) is 32.9 Å². The van der Waals surface area contributed by atoms with Gasteiger partial charge in [0.25, 0.3) is 0 Å². The largest absolute Gasteiger partial charge is 0.349 e. The number of hydrogen-bond donors (Lipinski definition) is 1. The second-order valence-electron chi connectivity index (χ2n) is 4.03. The standard InChI is InChI=1S/C12H9F2NO/c13-7-4-5-8(14)12-10(7)6-2-1-3-9(16)11(6)15-12/h4-5,15H,1-3H2. The molecule has 1 aromatic carbocycles. The number of hydrogen-bond acceptors (Lipinski definition) is 1. The van der Waals surface area contributed by atoms with Crippen LogP contribution in [0.25, 0.3) is 10.9 Å². The molecule has 2 nitrogen and oxygen atoms in total. The Kier molecular flexibility index (Phi) is 1.87. The molecule has 0 bridgehead atoms. The summed E-state index contributed by atoms with van der Waals surface area (Å²) in [5, 5.41) is 0.239. The first-order chi connectivity index (χ1) is 7.68. The molecule has 0 fully saturated rings. The van der Waals surface area contributed by atoms with Gasteiger partial charge in [-0.15, -0.1) is 0 Å². The summed E-state index contributed by atoms with van der Waals surface area (Å²) in [6.07, 6.45) is 1.78. The summed E-state index contributed by atoms with van der Waals surface area (Å²) in [6.45, 7) is 0. The van der Waals surface area contributed by atoms with Crippen LogP contribution in [-0.2, 0) is 6.42 Å². The van der Waals surface area contributed by atoms with Crippen molar-refractivity contribution in [3.8, 4) is 0 Å². The molecule has 1 aliphatic carbocycles. The van der Waals surface area contributed by atoms with E-state index in [0.29, 0.717) is 30.5 Å². The number of benzene rings is 1. The van der Waals surface area contributed by atoms with E-state index in [9.17, 15) is 13.6 Å². The van der Waals surface area contributed by atoms with Crippen molar-refractivity contribution < 1.29 is 13.6 Å². The van der Waals surface area contributed by atoms with E-state index in [-0.39, 0.29) is 16.7 Å². The van der Waals surface area contributed by atoms with Crippen molar-refractivity contribution >= 4 is 16.7 Å². The molecule has 0 saturated heterocycles. The highest BCUT2D eigenvalue weighted by molar-refractivity contribution is 6.03. The number of carbonyl (C=O) groups excluding carboxylic acids is 1. The summed E-state index contributed by atoms with van der Waals surface area (Å²) in [4.78, 5) is 14.3. The molecule has 1 heterocycles. The second-order valence-corrected chi connectivity index (χ2v) is 4.03. The monoisotopic (exact) mass is 221 g/mol. The van der Waals surface area contributed by atoms with Crippen molar-refractivity contribution in [2.75, 3.05) is 0 Å². The minimum Gasteiger partial charge on any atom is -0.349 e. The highest BCUT2D eigenvalue weighted by Crippen LogP contribution is 2.31. The molecule has 0 unspecified atom stereocenters. The first-order valence-electron chi connectivity index (χ1n) is 5.20. The number of halogens is 2. The van der Waals surface area contributed by atoms with Crippen LogP contribution < -0.4 is 0 Å². The van der Waals surface area contributed by atoms with Gasteiger partial charge in [0.1, 0.15) is 11.6 Å². The maximum atomic E-state index is 13.6. The van der Waals surface area contributed by atoms with Gasteiger partial charge in [0.2, 0.25) is 0 Å². The van der Waals surface area contributed by atoms with Crippen LogP contribution in [0.4, 0.5) is 8.78 Å². The number of nitrogens with one attached hydrogen (secondary N) is 1. The van der Waals surface area contributed by atoms with Crippen LogP contribution in [0.2, 0.25) is 0 Å². The average molecular weight is 221 g/mol. The van der Waals surface area contributed by atoms with Crippen LogP contribution in [0.1, 0.15) is 28.9 Å². The predicted molar refractivity (Wildman–Crippen MR) is 55.5 cm³/mol. The number of carbonyl (C=O) groups is 1. The normalized spacial score (nSPS) is 15.5. The number of fused-ring (bicyclic) bond motifs is 3. The minimum atomic E-state index is -0.515. The summed E-state index contributed by atoms with van der Waals surface area (Å²) < 4.78 is 27.1. The first-order valence-corrected chi connectivity index (χ1v) is 5.20. The number of aryl methyl sites for hydroxylation is 1. The Labute approximate surface area is 90.3 Å². The van der Waals surface area contributed by atoms with Gasteiger partial charge in [-0.25, -0.2) is 8.78 Å². The van der Waals surface area contributed by atoms with Gasteiger partial charge in [-0.05, 0) is 30.5 Å². The highest BCUT2D eigenvalue weighted by atomic mass is 19.1. The van der Waals surface area contributed by atoms with E-state index in [4.69, 9.17) is 0 Å². The highest BCUT2D eigenvalue weighted by Gasteiger charge is 2.24. The van der Waals surface area contributed by atoms with Gasteiger partial charge < -0.3 is 4.98 Å². The average Bonchev–Trinajstić information content (AvgIpc) is 2.66. The number of ketones is 1. The molecule has 16 heavy (non-hydrogen) atoms. The Morgan fingerprint density at radius 1 is 1.12 bits per heavy atom. The van der Waals surface area contributed by atoms with Crippen molar-refractivity contribution in [3.63, 3.8) is 0 Å². The van der Waals surface area contributed by atoms with Crippen LogP contribution in [0, 0.1) is 11.6 Å². The molecular formula is C12H9F2NO. The van der Waals surface area contributed by atoms with Gasteiger partial charge in [-0.2, -0.15) is 0 Å². The van der Waals surface area contributed by atoms with E-state index < -0.39 is 11.6 Å². The molecule has 1 aliphatic rings. The molecule has 0 spiro atoms. The fourth-order valence-electron chi connectivity index (χ4n) is 2.33. The summed E-state index contributed by atoms with van der Waals surface area (Å²) >= 11 is 0. The van der Waals surface area contributed by atoms with Crippen molar-refractivity contribution in [2.45, 2.75) is 19.3 Å². The quantitative estimate of drug-likeness (QED) is 0.728. The van der Waals surface area contributed by atoms with E-state index in [1.807, 2.05) is 0 Å². The molecule has 0 aliphatic heterocycles. The molecule has 0 saturated carbocycles. The minimum absolute atomic E-state index is 0.0590. The Morgan fingerprint density at radius 2 is 1.88 bits per heavy atom. The number of aromatic nitrogens is 1. The number of H-pyrrole nitrogens is 1. The number of rotatable bonds is 0. The lowest BCUT2D eigenvalue weighted by atomic mass is 9.94. The lowest BCUT2D eigenvalue weighted by Crippen LogP contribution is -2.09. The Balaban J connectivity index is 2.45. The molecule has 82 valence electrons. The van der Waals surface area contributed by atoms with Gasteiger partial charge in [0.15, 0.2) is 5.78 Å². The number of Topliss-reactive ketones (excluding diaryl/α,β-unsaturated/α-hetero) is 1. The molecule has 0 radical (unpaired) electrons. The first kappa shape index (κ1) is 9.51. The van der Waals surface area contributed by atoms with Gasteiger partial charge >= 0.3 is 0 Å². The zero-order valence-electron chi connectivity index (χ0n) is 8.44. The predicted octanol–water partition coefficient (Wildman–Crippen LogP) is 2.97. The molecule has 1 aromatic heterocycles. The van der Waals surface area contributed by atoms with Crippen molar-refractivity contribution in [1.82, 2.24) is 4.98 Å². The molecule has 0 amide bonds. The van der Waals surface area contributed by atoms with Gasteiger partial charge in [-0.1, -0.05) is 0 Å². The van der Waals surface area contributed by atoms with Gasteiger partial charge in [-0.3, -0.25) is 4.79 Å². The van der Waals surface area contributed by atoms with E-state index >= 15 is 0 Å². The zero-order valence-corrected chi connectivity index (χ0v) is 8.44. The summed E-state index contributed by atoms with van der Waals surface area (Å²) in [5.41, 5.74) is 1.12. The van der Waals surface area contributed by atoms with Crippen LogP contribution in [0.15, 0.2) is 12.1 Å². The third-order valence-electron chi connectivity index (χ3n) is 3.07. The SMILES string of the molecule is O=C1CCCc2c1[nH]c1c(F)ccc(F)c21. The van der Waals surface area contributed by atoms with E-state index in [1.54, 1.807) is 0 Å². The lowest BCUT2D eigenvalue weighted by Gasteiger charge is -2.09. The maximum Gasteiger partial charge on any atom is 0.179 e. The third kappa shape index (κ3) is 1.13. The van der Waals surface area contributed by atoms with Crippen LogP contribution >= 0.6 is 0 Å². The maximum absolute atomic E-state index is 13.6. The Hall–Kier alpha value is -1.71. The zero-order chi connectivity index (χ0) is 11.3. The van der Waals surface area contributed by atoms with E-state index in [2.05, 4.69) is 4.98 Å². The van der Waals surface area contributed by atoms with Gasteiger partial charge in [0.05, 0.1) is 11.2 Å². The van der Waals surface area contributed by atoms with Crippen LogP contribution in [0.5, 0.6) is 0 Å². The second kappa shape index (κ2) is 3.14. The summed E-state index contributed by atoms with van der Waals surface area (Å²) in [7, 11) is 0. The number of aromatic amines is 1. The summed E-state index contributed by atoms with van der Waals surface area (Å²) in [6, 6.07) is 2.18. The smallest absolute Gasteiger partial charge is 0.179 e. The molecular weight excluding hydrogens is 212 g/mol. The summed E-state index contributed by atoms with van der Waals surface area (Å²) in [5.74, 6) is -1.04.